The van der Waals surface area contributed by atoms with Crippen molar-refractivity contribution in [2.24, 2.45) is 11.3 Å². The van der Waals surface area contributed by atoms with Crippen molar-refractivity contribution in [2.45, 2.75) is 65.4 Å². The lowest BCUT2D eigenvalue weighted by Crippen LogP contribution is -2.27. The fourth-order valence-corrected chi connectivity index (χ4v) is 3.52. The summed E-state index contributed by atoms with van der Waals surface area (Å²) in [6.07, 6.45) is 4.59. The first-order valence-corrected chi connectivity index (χ1v) is 7.74. The maximum Gasteiger partial charge on any atom is 0.145 e. The standard InChI is InChI=1S/C14H24N2OS/c1-5-14(3,4)8-10-6-11(7-10)13-16-15-12(18-13)9(2)17/h9-11,17H,5-8H2,1-4H3/t9-,10-,11+/m1/s1. The molecule has 1 N–H and O–H groups in total. The van der Waals surface area contributed by atoms with Crippen molar-refractivity contribution in [3.63, 3.8) is 0 Å². The predicted molar refractivity (Wildman–Crippen MR) is 74.7 cm³/mol. The minimum absolute atomic E-state index is 0.474. The van der Waals surface area contributed by atoms with Crippen LogP contribution in [-0.4, -0.2) is 15.3 Å². The van der Waals surface area contributed by atoms with E-state index in [4.69, 9.17) is 0 Å². The largest absolute Gasteiger partial charge is 0.386 e. The molecule has 1 atom stereocenters. The van der Waals surface area contributed by atoms with Gasteiger partial charge in [0.15, 0.2) is 0 Å². The Morgan fingerprint density at radius 3 is 2.56 bits per heavy atom. The SMILES string of the molecule is CCC(C)(C)C[C@H]1C[C@@H](c2nnc([C@@H](C)O)s2)C1. The number of hydrogen-bond acceptors (Lipinski definition) is 4. The van der Waals surface area contributed by atoms with E-state index in [1.807, 2.05) is 0 Å². The summed E-state index contributed by atoms with van der Waals surface area (Å²) in [6, 6.07) is 0. The third-order valence-corrected chi connectivity index (χ3v) is 5.45. The first-order valence-electron chi connectivity index (χ1n) is 6.92. The number of aromatic nitrogens is 2. The van der Waals surface area contributed by atoms with Gasteiger partial charge in [0.25, 0.3) is 0 Å². The van der Waals surface area contributed by atoms with Crippen molar-refractivity contribution >= 4 is 11.3 Å². The second-order valence-corrected chi connectivity index (χ2v) is 7.45. The highest BCUT2D eigenvalue weighted by Crippen LogP contribution is 2.48. The van der Waals surface area contributed by atoms with Gasteiger partial charge in [-0.1, -0.05) is 38.5 Å². The topological polar surface area (TPSA) is 46.0 Å². The summed E-state index contributed by atoms with van der Waals surface area (Å²) in [6.45, 7) is 8.74. The summed E-state index contributed by atoms with van der Waals surface area (Å²) in [4.78, 5) is 0. The normalized spacial score (nSPS) is 25.8. The predicted octanol–water partition coefficient (Wildman–Crippen LogP) is 3.91. The lowest BCUT2D eigenvalue weighted by Gasteiger charge is -2.38. The lowest BCUT2D eigenvalue weighted by atomic mass is 9.67. The first-order chi connectivity index (χ1) is 8.41. The van der Waals surface area contributed by atoms with Gasteiger partial charge in [0, 0.05) is 5.92 Å². The van der Waals surface area contributed by atoms with Crippen LogP contribution in [0.25, 0.3) is 0 Å². The molecular formula is C14H24N2OS. The zero-order valence-electron chi connectivity index (χ0n) is 11.8. The molecule has 1 saturated carbocycles. The Morgan fingerprint density at radius 2 is 2.06 bits per heavy atom. The van der Waals surface area contributed by atoms with Crippen LogP contribution in [0.1, 0.15) is 75.4 Å². The van der Waals surface area contributed by atoms with Crippen LogP contribution in [0, 0.1) is 11.3 Å². The Balaban J connectivity index is 1.85. The van der Waals surface area contributed by atoms with Crippen molar-refractivity contribution in [3.8, 4) is 0 Å². The molecule has 1 aliphatic rings. The number of rotatable bonds is 5. The molecule has 1 heterocycles. The van der Waals surface area contributed by atoms with Crippen LogP contribution in [0.4, 0.5) is 0 Å². The maximum absolute atomic E-state index is 9.45. The summed E-state index contributed by atoms with van der Waals surface area (Å²) in [5.74, 6) is 1.44. The maximum atomic E-state index is 9.45. The number of nitrogens with zero attached hydrogens (tertiary/aromatic N) is 2. The van der Waals surface area contributed by atoms with E-state index in [9.17, 15) is 5.11 Å². The van der Waals surface area contributed by atoms with E-state index in [0.29, 0.717) is 11.3 Å². The molecule has 0 aromatic carbocycles. The van der Waals surface area contributed by atoms with Gasteiger partial charge in [0.2, 0.25) is 0 Å². The van der Waals surface area contributed by atoms with E-state index in [0.717, 1.165) is 15.9 Å². The molecule has 1 aromatic heterocycles. The highest BCUT2D eigenvalue weighted by Gasteiger charge is 2.35. The number of hydrogen-bond donors (Lipinski definition) is 1. The van der Waals surface area contributed by atoms with Crippen molar-refractivity contribution in [1.29, 1.82) is 0 Å². The Kier molecular flexibility index (Phi) is 4.07. The van der Waals surface area contributed by atoms with Gasteiger partial charge in [-0.25, -0.2) is 0 Å². The molecule has 0 radical (unpaired) electrons. The molecule has 0 aliphatic heterocycles. The minimum atomic E-state index is -0.480. The quantitative estimate of drug-likeness (QED) is 0.880. The van der Waals surface area contributed by atoms with Gasteiger partial charge < -0.3 is 5.11 Å². The van der Waals surface area contributed by atoms with Gasteiger partial charge in [0.1, 0.15) is 16.1 Å². The molecule has 0 saturated heterocycles. The average molecular weight is 268 g/mol. The highest BCUT2D eigenvalue weighted by atomic mass is 32.1. The molecule has 0 spiro atoms. The molecule has 1 aromatic rings. The van der Waals surface area contributed by atoms with Gasteiger partial charge >= 0.3 is 0 Å². The van der Waals surface area contributed by atoms with Crippen LogP contribution in [0.15, 0.2) is 0 Å². The minimum Gasteiger partial charge on any atom is -0.386 e. The van der Waals surface area contributed by atoms with Crippen LogP contribution >= 0.6 is 11.3 Å². The summed E-state index contributed by atoms with van der Waals surface area (Å²) in [5, 5.41) is 19.6. The van der Waals surface area contributed by atoms with Gasteiger partial charge in [-0.3, -0.25) is 0 Å². The second-order valence-electron chi connectivity index (χ2n) is 6.41. The molecule has 0 amide bonds. The fraction of sp³-hybridized carbons (Fsp3) is 0.857. The van der Waals surface area contributed by atoms with E-state index >= 15 is 0 Å². The summed E-state index contributed by atoms with van der Waals surface area (Å²) in [5.41, 5.74) is 0.474. The Labute approximate surface area is 114 Å². The van der Waals surface area contributed by atoms with Crippen LogP contribution in [0.3, 0.4) is 0 Å². The third-order valence-electron chi connectivity index (χ3n) is 4.20. The van der Waals surface area contributed by atoms with Crippen molar-refractivity contribution in [3.05, 3.63) is 10.0 Å². The fourth-order valence-electron chi connectivity index (χ4n) is 2.61. The van der Waals surface area contributed by atoms with Crippen LogP contribution in [0.5, 0.6) is 0 Å². The summed E-state index contributed by atoms with van der Waals surface area (Å²) in [7, 11) is 0. The summed E-state index contributed by atoms with van der Waals surface area (Å²) >= 11 is 1.58. The highest BCUT2D eigenvalue weighted by molar-refractivity contribution is 7.11. The monoisotopic (exact) mass is 268 g/mol. The second kappa shape index (κ2) is 5.25. The van der Waals surface area contributed by atoms with E-state index in [1.54, 1.807) is 18.3 Å². The molecule has 0 unspecified atom stereocenters. The molecule has 1 fully saturated rings. The molecule has 4 heteroatoms. The smallest absolute Gasteiger partial charge is 0.145 e. The number of aliphatic hydroxyl groups is 1. The Bertz CT molecular complexity index is 394. The van der Waals surface area contributed by atoms with Gasteiger partial charge in [-0.15, -0.1) is 10.2 Å². The zero-order chi connectivity index (χ0) is 13.3. The molecule has 3 nitrogen and oxygen atoms in total. The van der Waals surface area contributed by atoms with Crippen LogP contribution in [0.2, 0.25) is 0 Å². The van der Waals surface area contributed by atoms with E-state index in [2.05, 4.69) is 31.0 Å². The van der Waals surface area contributed by atoms with E-state index in [-0.39, 0.29) is 0 Å². The number of aliphatic hydroxyl groups excluding tert-OH is 1. The van der Waals surface area contributed by atoms with Gasteiger partial charge in [0.05, 0.1) is 0 Å². The third kappa shape index (κ3) is 3.09. The molecule has 0 bridgehead atoms. The summed E-state index contributed by atoms with van der Waals surface area (Å²) < 4.78 is 0. The van der Waals surface area contributed by atoms with Crippen LogP contribution in [-0.2, 0) is 0 Å². The Morgan fingerprint density at radius 1 is 1.39 bits per heavy atom. The molecule has 102 valence electrons. The molecular weight excluding hydrogens is 244 g/mol. The molecule has 2 rings (SSSR count). The zero-order valence-corrected chi connectivity index (χ0v) is 12.6. The molecule has 18 heavy (non-hydrogen) atoms. The van der Waals surface area contributed by atoms with Crippen LogP contribution < -0.4 is 0 Å². The van der Waals surface area contributed by atoms with Gasteiger partial charge in [-0.2, -0.15) is 0 Å². The first kappa shape index (κ1) is 13.9. The van der Waals surface area contributed by atoms with Crippen molar-refractivity contribution in [2.75, 3.05) is 0 Å². The van der Waals surface area contributed by atoms with Crippen molar-refractivity contribution < 1.29 is 5.11 Å². The average Bonchev–Trinajstić information content (AvgIpc) is 2.72. The van der Waals surface area contributed by atoms with E-state index in [1.165, 1.54) is 25.7 Å². The lowest BCUT2D eigenvalue weighted by molar-refractivity contribution is 0.163. The van der Waals surface area contributed by atoms with Gasteiger partial charge in [-0.05, 0) is 37.5 Å². The van der Waals surface area contributed by atoms with Crippen molar-refractivity contribution in [1.82, 2.24) is 10.2 Å². The molecule has 1 aliphatic carbocycles. The Hall–Kier alpha value is -0.480. The van der Waals surface area contributed by atoms with E-state index < -0.39 is 6.10 Å².